The summed E-state index contributed by atoms with van der Waals surface area (Å²) in [6.07, 6.45) is 3.15. The highest BCUT2D eigenvalue weighted by Crippen LogP contribution is 2.38. The van der Waals surface area contributed by atoms with Crippen LogP contribution in [-0.4, -0.2) is 16.8 Å². The molecule has 0 saturated carbocycles. The lowest BCUT2D eigenvalue weighted by Crippen LogP contribution is -2.26. The summed E-state index contributed by atoms with van der Waals surface area (Å²) in [7, 11) is 0. The van der Waals surface area contributed by atoms with Crippen molar-refractivity contribution in [1.29, 1.82) is 0 Å². The third-order valence-electron chi connectivity index (χ3n) is 3.91. The summed E-state index contributed by atoms with van der Waals surface area (Å²) >= 11 is 0. The average Bonchev–Trinajstić information content (AvgIpc) is 2.76. The van der Waals surface area contributed by atoms with Crippen LogP contribution in [0.15, 0.2) is 73.1 Å². The number of benzene rings is 2. The molecular formula is C19H13N3O2. The largest absolute Gasteiger partial charge is 0.320 e. The number of pyridine rings is 1. The molecule has 0 radical (unpaired) electrons. The average molecular weight is 315 g/mol. The molecule has 0 atom stereocenters. The normalized spacial score (nSPS) is 12.7. The molecule has 2 amide bonds. The smallest absolute Gasteiger partial charge is 0.263 e. The lowest BCUT2D eigenvalue weighted by Gasteiger charge is -2.24. The quantitative estimate of drug-likeness (QED) is 0.746. The third kappa shape index (κ3) is 2.23. The molecule has 3 aromatic rings. The number of rotatable bonds is 1. The number of anilines is 3. The van der Waals surface area contributed by atoms with Crippen LogP contribution in [0.1, 0.15) is 20.7 Å². The molecule has 24 heavy (non-hydrogen) atoms. The van der Waals surface area contributed by atoms with E-state index in [2.05, 4.69) is 10.3 Å². The molecule has 1 aliphatic heterocycles. The van der Waals surface area contributed by atoms with Gasteiger partial charge in [-0.05, 0) is 36.4 Å². The number of amides is 2. The van der Waals surface area contributed by atoms with Gasteiger partial charge in [-0.2, -0.15) is 0 Å². The molecule has 0 fully saturated rings. The van der Waals surface area contributed by atoms with Gasteiger partial charge in [0.2, 0.25) is 0 Å². The van der Waals surface area contributed by atoms with Crippen LogP contribution >= 0.6 is 0 Å². The van der Waals surface area contributed by atoms with Crippen LogP contribution in [0.3, 0.4) is 0 Å². The van der Waals surface area contributed by atoms with E-state index in [1.165, 1.54) is 0 Å². The van der Waals surface area contributed by atoms with Crippen LogP contribution in [0.25, 0.3) is 0 Å². The SMILES string of the molecule is O=C1Nc2ccccc2N(C(=O)c2ccncc2)c2ccccc21. The fourth-order valence-corrected chi connectivity index (χ4v) is 2.80. The standard InChI is InChI=1S/C19H13N3O2/c23-18-14-5-1-3-7-16(14)22(17-8-4-2-6-15(17)21-18)19(24)13-9-11-20-12-10-13/h1-12H,(H,21,23). The number of carbonyl (C=O) groups excluding carboxylic acids is 2. The lowest BCUT2D eigenvalue weighted by atomic mass is 10.1. The number of nitrogens with zero attached hydrogens (tertiary/aromatic N) is 2. The summed E-state index contributed by atoms with van der Waals surface area (Å²) in [6.45, 7) is 0. The fourth-order valence-electron chi connectivity index (χ4n) is 2.80. The van der Waals surface area contributed by atoms with Gasteiger partial charge in [-0.1, -0.05) is 24.3 Å². The van der Waals surface area contributed by atoms with Gasteiger partial charge in [-0.25, -0.2) is 0 Å². The molecule has 2 aromatic carbocycles. The van der Waals surface area contributed by atoms with Crippen molar-refractivity contribution in [3.05, 3.63) is 84.2 Å². The first-order valence-electron chi connectivity index (χ1n) is 7.49. The second-order valence-corrected chi connectivity index (χ2v) is 5.36. The monoisotopic (exact) mass is 315 g/mol. The highest BCUT2D eigenvalue weighted by atomic mass is 16.2. The lowest BCUT2D eigenvalue weighted by molar-refractivity contribution is 0.0999. The first-order chi connectivity index (χ1) is 11.8. The molecule has 0 bridgehead atoms. The second-order valence-electron chi connectivity index (χ2n) is 5.36. The Bertz CT molecular complexity index is 938. The Balaban J connectivity index is 1.96. The summed E-state index contributed by atoms with van der Waals surface area (Å²) in [6, 6.07) is 17.7. The van der Waals surface area contributed by atoms with E-state index < -0.39 is 0 Å². The van der Waals surface area contributed by atoms with Crippen LogP contribution < -0.4 is 10.2 Å². The van der Waals surface area contributed by atoms with Crippen LogP contribution in [0, 0.1) is 0 Å². The molecule has 116 valence electrons. The molecule has 1 aromatic heterocycles. The van der Waals surface area contributed by atoms with Gasteiger partial charge in [0.25, 0.3) is 11.8 Å². The van der Waals surface area contributed by atoms with Gasteiger partial charge in [0.1, 0.15) is 0 Å². The van der Waals surface area contributed by atoms with E-state index >= 15 is 0 Å². The zero-order chi connectivity index (χ0) is 16.5. The van der Waals surface area contributed by atoms with E-state index in [9.17, 15) is 9.59 Å². The Morgan fingerprint density at radius 2 is 1.54 bits per heavy atom. The zero-order valence-corrected chi connectivity index (χ0v) is 12.6. The summed E-state index contributed by atoms with van der Waals surface area (Å²) in [5, 5.41) is 2.87. The van der Waals surface area contributed by atoms with E-state index in [0.29, 0.717) is 28.2 Å². The molecule has 2 heterocycles. The highest BCUT2D eigenvalue weighted by molar-refractivity contribution is 6.20. The summed E-state index contributed by atoms with van der Waals surface area (Å²) in [5.74, 6) is -0.447. The molecule has 1 aliphatic rings. The third-order valence-corrected chi connectivity index (χ3v) is 3.91. The van der Waals surface area contributed by atoms with Crippen molar-refractivity contribution >= 4 is 28.9 Å². The Labute approximate surface area is 138 Å². The fraction of sp³-hybridized carbons (Fsp3) is 0. The van der Waals surface area contributed by atoms with Crippen LogP contribution in [0.4, 0.5) is 17.1 Å². The first kappa shape index (κ1) is 14.1. The Morgan fingerprint density at radius 3 is 2.33 bits per heavy atom. The topological polar surface area (TPSA) is 62.3 Å². The Hall–Kier alpha value is -3.47. The minimum Gasteiger partial charge on any atom is -0.320 e. The van der Waals surface area contributed by atoms with Crippen LogP contribution in [-0.2, 0) is 0 Å². The van der Waals surface area contributed by atoms with Crippen molar-refractivity contribution in [2.24, 2.45) is 0 Å². The number of fused-ring (bicyclic) bond motifs is 2. The van der Waals surface area contributed by atoms with E-state index in [0.717, 1.165) is 0 Å². The molecule has 0 spiro atoms. The number of aromatic nitrogens is 1. The van der Waals surface area contributed by atoms with Gasteiger partial charge in [0.05, 0.1) is 22.6 Å². The van der Waals surface area contributed by atoms with Gasteiger partial charge in [0, 0.05) is 18.0 Å². The maximum absolute atomic E-state index is 13.1. The second kappa shape index (κ2) is 5.62. The van der Waals surface area contributed by atoms with Crippen LogP contribution in [0.2, 0.25) is 0 Å². The van der Waals surface area contributed by atoms with Crippen molar-refractivity contribution in [3.63, 3.8) is 0 Å². The van der Waals surface area contributed by atoms with Gasteiger partial charge >= 0.3 is 0 Å². The van der Waals surface area contributed by atoms with Gasteiger partial charge in [0.15, 0.2) is 0 Å². The number of carbonyl (C=O) groups is 2. The van der Waals surface area contributed by atoms with Gasteiger partial charge in [-0.15, -0.1) is 0 Å². The minimum absolute atomic E-state index is 0.214. The van der Waals surface area contributed by atoms with E-state index in [1.54, 1.807) is 53.7 Å². The minimum atomic E-state index is -0.233. The summed E-state index contributed by atoms with van der Waals surface area (Å²) in [4.78, 5) is 31.2. The molecule has 0 unspecified atom stereocenters. The van der Waals surface area contributed by atoms with Gasteiger partial charge in [-0.3, -0.25) is 19.5 Å². The number of hydrogen-bond acceptors (Lipinski definition) is 3. The first-order valence-corrected chi connectivity index (χ1v) is 7.49. The number of hydrogen-bond donors (Lipinski definition) is 1. The maximum Gasteiger partial charge on any atom is 0.263 e. The van der Waals surface area contributed by atoms with Crippen molar-refractivity contribution in [3.8, 4) is 0 Å². The zero-order valence-electron chi connectivity index (χ0n) is 12.6. The van der Waals surface area contributed by atoms with E-state index in [4.69, 9.17) is 0 Å². The van der Waals surface area contributed by atoms with E-state index in [-0.39, 0.29) is 11.8 Å². The molecule has 5 heteroatoms. The summed E-state index contributed by atoms with van der Waals surface area (Å²) < 4.78 is 0. The van der Waals surface area contributed by atoms with E-state index in [1.807, 2.05) is 24.3 Å². The maximum atomic E-state index is 13.1. The number of nitrogens with one attached hydrogen (secondary N) is 1. The highest BCUT2D eigenvalue weighted by Gasteiger charge is 2.29. The molecular weight excluding hydrogens is 302 g/mol. The van der Waals surface area contributed by atoms with Gasteiger partial charge < -0.3 is 5.32 Å². The van der Waals surface area contributed by atoms with Crippen molar-refractivity contribution in [2.45, 2.75) is 0 Å². The Kier molecular flexibility index (Phi) is 3.31. The van der Waals surface area contributed by atoms with Crippen molar-refractivity contribution in [2.75, 3.05) is 10.2 Å². The molecule has 0 saturated heterocycles. The van der Waals surface area contributed by atoms with Crippen molar-refractivity contribution in [1.82, 2.24) is 4.98 Å². The number of para-hydroxylation sites is 3. The molecule has 0 aliphatic carbocycles. The molecule has 4 rings (SSSR count). The Morgan fingerprint density at radius 1 is 0.875 bits per heavy atom. The molecule has 5 nitrogen and oxygen atoms in total. The predicted molar refractivity (Wildman–Crippen MR) is 91.5 cm³/mol. The molecule has 1 N–H and O–H groups in total. The predicted octanol–water partition coefficient (Wildman–Crippen LogP) is 3.63. The summed E-state index contributed by atoms with van der Waals surface area (Å²) in [5.41, 5.74) is 2.75. The van der Waals surface area contributed by atoms with Crippen molar-refractivity contribution < 1.29 is 9.59 Å². The van der Waals surface area contributed by atoms with Crippen LogP contribution in [0.5, 0.6) is 0 Å².